The van der Waals surface area contributed by atoms with Gasteiger partial charge in [-0.3, -0.25) is 0 Å². The van der Waals surface area contributed by atoms with E-state index in [2.05, 4.69) is 162 Å². The molecule has 0 aliphatic carbocycles. The van der Waals surface area contributed by atoms with Crippen LogP contribution in [0.15, 0.2) is 152 Å². The SMILES string of the molecule is [C-]#[N+]c1cc(C#N)cc(C#N)c1-c1cccc(-c2cc(N3c4ccccc4C(C)(C)c4ccccc43)cc(-n3c4ccccc4c4ccccc43)c2)c1. The van der Waals surface area contributed by atoms with E-state index in [0.717, 1.165) is 50.5 Å². The summed E-state index contributed by atoms with van der Waals surface area (Å²) in [4.78, 5) is 6.12. The second-order valence-electron chi connectivity index (χ2n) is 13.9. The van der Waals surface area contributed by atoms with Gasteiger partial charge in [-0.15, -0.1) is 0 Å². The highest BCUT2D eigenvalue weighted by atomic mass is 15.2. The first-order valence-electron chi connectivity index (χ1n) is 17.5. The average molecular weight is 678 g/mol. The number of nitrogens with zero attached hydrogens (tertiary/aromatic N) is 5. The van der Waals surface area contributed by atoms with Crippen LogP contribution >= 0.6 is 0 Å². The van der Waals surface area contributed by atoms with Crippen LogP contribution in [-0.4, -0.2) is 4.57 Å². The molecule has 0 fully saturated rings. The summed E-state index contributed by atoms with van der Waals surface area (Å²) >= 11 is 0. The van der Waals surface area contributed by atoms with Crippen LogP contribution < -0.4 is 4.90 Å². The van der Waals surface area contributed by atoms with E-state index in [9.17, 15) is 10.5 Å². The minimum absolute atomic E-state index is 0.203. The summed E-state index contributed by atoms with van der Waals surface area (Å²) < 4.78 is 2.35. The number of hydrogen-bond acceptors (Lipinski definition) is 3. The summed E-state index contributed by atoms with van der Waals surface area (Å²) in [6, 6.07) is 56.6. The molecule has 0 atom stereocenters. The van der Waals surface area contributed by atoms with Gasteiger partial charge in [-0.2, -0.15) is 10.5 Å². The molecular formula is C48H31N5. The summed E-state index contributed by atoms with van der Waals surface area (Å²) in [5, 5.41) is 22.1. The standard InChI is InChI=1S/C48H31N5/c1-48(2)40-17-6-10-21-45(40)53(46-22-11-7-18-41(46)48)37-27-34(26-36(28-37)52-43-19-8-4-15-38(43)39-16-5-9-20-44(39)52)32-13-12-14-33(25-32)47-35(30-50)23-31(29-49)24-42(47)51-3/h4-28H,1-2H3. The monoisotopic (exact) mass is 677 g/mol. The van der Waals surface area contributed by atoms with E-state index in [1.165, 1.54) is 21.9 Å². The number of aromatic nitrogens is 1. The molecule has 1 aliphatic heterocycles. The fraction of sp³-hybridized carbons (Fsp3) is 0.0625. The van der Waals surface area contributed by atoms with Crippen LogP contribution in [0.1, 0.15) is 36.1 Å². The number of fused-ring (bicyclic) bond motifs is 5. The lowest BCUT2D eigenvalue weighted by molar-refractivity contribution is 0.632. The van der Waals surface area contributed by atoms with Gasteiger partial charge < -0.3 is 9.47 Å². The van der Waals surface area contributed by atoms with Crippen molar-refractivity contribution in [3.63, 3.8) is 0 Å². The molecule has 1 aliphatic rings. The predicted molar refractivity (Wildman–Crippen MR) is 214 cm³/mol. The summed E-state index contributed by atoms with van der Waals surface area (Å²) in [7, 11) is 0. The molecule has 0 N–H and O–H groups in total. The highest BCUT2D eigenvalue weighted by Crippen LogP contribution is 2.52. The normalized spacial score (nSPS) is 12.8. The van der Waals surface area contributed by atoms with E-state index >= 15 is 0 Å². The second-order valence-corrected chi connectivity index (χ2v) is 13.9. The zero-order chi connectivity index (χ0) is 36.3. The van der Waals surface area contributed by atoms with Gasteiger partial charge >= 0.3 is 0 Å². The third kappa shape index (κ3) is 4.90. The van der Waals surface area contributed by atoms with Gasteiger partial charge in [-0.25, -0.2) is 4.85 Å². The average Bonchev–Trinajstić information content (AvgIpc) is 3.55. The Morgan fingerprint density at radius 3 is 1.77 bits per heavy atom. The second kappa shape index (κ2) is 12.1. The van der Waals surface area contributed by atoms with Crippen molar-refractivity contribution in [1.82, 2.24) is 4.57 Å². The summed E-state index contributed by atoms with van der Waals surface area (Å²) in [6.45, 7) is 12.5. The van der Waals surface area contributed by atoms with Crippen molar-refractivity contribution < 1.29 is 0 Å². The van der Waals surface area contributed by atoms with Crippen LogP contribution in [0.2, 0.25) is 0 Å². The van der Waals surface area contributed by atoms with E-state index in [4.69, 9.17) is 6.57 Å². The largest absolute Gasteiger partial charge is 0.310 e. The van der Waals surface area contributed by atoms with Crippen LogP contribution in [0.5, 0.6) is 0 Å². The molecule has 5 nitrogen and oxygen atoms in total. The molecule has 7 aromatic carbocycles. The maximum Gasteiger partial charge on any atom is 0.197 e. The third-order valence-corrected chi connectivity index (χ3v) is 10.6. The number of nitriles is 2. The van der Waals surface area contributed by atoms with Crippen molar-refractivity contribution in [2.24, 2.45) is 0 Å². The number of anilines is 3. The Hall–Kier alpha value is -7.39. The van der Waals surface area contributed by atoms with E-state index in [-0.39, 0.29) is 11.1 Å². The van der Waals surface area contributed by atoms with Gasteiger partial charge in [0.05, 0.1) is 46.7 Å². The van der Waals surface area contributed by atoms with E-state index in [0.29, 0.717) is 16.7 Å². The van der Waals surface area contributed by atoms with Crippen LogP contribution in [0.4, 0.5) is 22.7 Å². The Bertz CT molecular complexity index is 2790. The number of hydrogen-bond donors (Lipinski definition) is 0. The molecule has 9 rings (SSSR count). The van der Waals surface area contributed by atoms with Crippen molar-refractivity contribution >= 4 is 44.6 Å². The Morgan fingerprint density at radius 2 is 1.15 bits per heavy atom. The fourth-order valence-corrected chi connectivity index (χ4v) is 8.19. The fourth-order valence-electron chi connectivity index (χ4n) is 8.19. The lowest BCUT2D eigenvalue weighted by Gasteiger charge is -2.42. The minimum Gasteiger partial charge on any atom is -0.310 e. The minimum atomic E-state index is -0.203. The molecule has 248 valence electrons. The Balaban J connectivity index is 1.34. The van der Waals surface area contributed by atoms with Gasteiger partial charge in [0, 0.05) is 38.7 Å². The predicted octanol–water partition coefficient (Wildman–Crippen LogP) is 12.5. The van der Waals surface area contributed by atoms with Gasteiger partial charge in [0.15, 0.2) is 5.69 Å². The zero-order valence-corrected chi connectivity index (χ0v) is 29.2. The number of para-hydroxylation sites is 4. The van der Waals surface area contributed by atoms with Gasteiger partial charge in [0.25, 0.3) is 0 Å². The Morgan fingerprint density at radius 1 is 0.566 bits per heavy atom. The molecule has 5 heteroatoms. The molecule has 0 unspecified atom stereocenters. The van der Waals surface area contributed by atoms with Crippen LogP contribution in [0.3, 0.4) is 0 Å². The van der Waals surface area contributed by atoms with Crippen LogP contribution in [0, 0.1) is 29.2 Å². The van der Waals surface area contributed by atoms with E-state index in [1.54, 1.807) is 12.1 Å². The Labute approximate surface area is 308 Å². The molecule has 8 aromatic rings. The molecule has 0 saturated heterocycles. The third-order valence-electron chi connectivity index (χ3n) is 10.6. The molecule has 0 spiro atoms. The first-order valence-corrected chi connectivity index (χ1v) is 17.5. The summed E-state index contributed by atoms with van der Waals surface area (Å²) in [5.41, 5.74) is 12.9. The highest BCUT2D eigenvalue weighted by molar-refractivity contribution is 6.09. The molecule has 53 heavy (non-hydrogen) atoms. The molecule has 0 bridgehead atoms. The summed E-state index contributed by atoms with van der Waals surface area (Å²) in [6.07, 6.45) is 0. The first kappa shape index (κ1) is 31.6. The Kier molecular flexibility index (Phi) is 7.23. The highest BCUT2D eigenvalue weighted by Gasteiger charge is 2.36. The van der Waals surface area contributed by atoms with Crippen molar-refractivity contribution in [3.05, 3.63) is 185 Å². The quantitative estimate of drug-likeness (QED) is 0.174. The van der Waals surface area contributed by atoms with Crippen molar-refractivity contribution in [1.29, 1.82) is 10.5 Å². The zero-order valence-electron chi connectivity index (χ0n) is 29.2. The summed E-state index contributed by atoms with van der Waals surface area (Å²) in [5.74, 6) is 0. The molecule has 2 heterocycles. The number of rotatable bonds is 4. The molecule has 0 amide bonds. The van der Waals surface area contributed by atoms with Gasteiger partial charge in [0.2, 0.25) is 0 Å². The lowest BCUT2D eigenvalue weighted by Crippen LogP contribution is -2.30. The van der Waals surface area contributed by atoms with Gasteiger partial charge in [-0.1, -0.05) is 105 Å². The van der Waals surface area contributed by atoms with Crippen LogP contribution in [-0.2, 0) is 5.41 Å². The van der Waals surface area contributed by atoms with Gasteiger partial charge in [0.1, 0.15) is 0 Å². The smallest absolute Gasteiger partial charge is 0.197 e. The lowest BCUT2D eigenvalue weighted by atomic mass is 9.73. The molecule has 1 aromatic heterocycles. The van der Waals surface area contributed by atoms with Crippen molar-refractivity contribution in [3.8, 4) is 40.1 Å². The molecule has 0 radical (unpaired) electrons. The first-order chi connectivity index (χ1) is 25.9. The topological polar surface area (TPSA) is 60.1 Å². The van der Waals surface area contributed by atoms with Gasteiger partial charge in [-0.05, 0) is 88.5 Å². The number of benzene rings is 7. The van der Waals surface area contributed by atoms with E-state index in [1.807, 2.05) is 18.2 Å². The van der Waals surface area contributed by atoms with Crippen molar-refractivity contribution in [2.45, 2.75) is 19.3 Å². The maximum absolute atomic E-state index is 10.1. The molecular weight excluding hydrogens is 647 g/mol. The van der Waals surface area contributed by atoms with Crippen LogP contribution in [0.25, 0.3) is 54.6 Å². The molecule has 0 saturated carbocycles. The van der Waals surface area contributed by atoms with E-state index < -0.39 is 0 Å². The van der Waals surface area contributed by atoms with Crippen molar-refractivity contribution in [2.75, 3.05) is 4.90 Å². The maximum atomic E-state index is 10.1.